The van der Waals surface area contributed by atoms with Crippen LogP contribution in [-0.4, -0.2) is 9.97 Å². The smallest absolute Gasteiger partial charge is 0.130 e. The summed E-state index contributed by atoms with van der Waals surface area (Å²) in [6.07, 6.45) is 3.47. The molecule has 0 amide bonds. The number of halogens is 1. The van der Waals surface area contributed by atoms with Gasteiger partial charge in [0.05, 0.1) is 16.9 Å². The SMILES string of the molecule is Nc1ccc(OCc2ccc(Br)cn2)c2cccnc12. The molecule has 0 saturated carbocycles. The van der Waals surface area contributed by atoms with Gasteiger partial charge in [0.1, 0.15) is 12.4 Å². The lowest BCUT2D eigenvalue weighted by Gasteiger charge is -2.10. The molecule has 3 rings (SSSR count). The Bertz CT molecular complexity index is 744. The Kier molecular flexibility index (Phi) is 3.52. The van der Waals surface area contributed by atoms with Crippen LogP contribution in [0.4, 0.5) is 5.69 Å². The van der Waals surface area contributed by atoms with Crippen LogP contribution in [0, 0.1) is 0 Å². The number of pyridine rings is 2. The molecule has 20 heavy (non-hydrogen) atoms. The summed E-state index contributed by atoms with van der Waals surface area (Å²) >= 11 is 3.36. The van der Waals surface area contributed by atoms with Crippen LogP contribution in [-0.2, 0) is 6.61 Å². The maximum absolute atomic E-state index is 5.91. The van der Waals surface area contributed by atoms with Gasteiger partial charge in [-0.15, -0.1) is 0 Å². The molecule has 0 aliphatic carbocycles. The van der Waals surface area contributed by atoms with Gasteiger partial charge in [0.15, 0.2) is 0 Å². The van der Waals surface area contributed by atoms with Gasteiger partial charge in [-0.3, -0.25) is 9.97 Å². The fourth-order valence-corrected chi connectivity index (χ4v) is 2.17. The summed E-state index contributed by atoms with van der Waals surface area (Å²) in [5.41, 5.74) is 8.18. The summed E-state index contributed by atoms with van der Waals surface area (Å²) in [6.45, 7) is 0.404. The van der Waals surface area contributed by atoms with E-state index in [1.807, 2.05) is 30.3 Å². The van der Waals surface area contributed by atoms with Crippen molar-refractivity contribution in [2.75, 3.05) is 5.73 Å². The third kappa shape index (κ3) is 2.58. The number of rotatable bonds is 3. The molecular formula is C15H12BrN3O. The van der Waals surface area contributed by atoms with Crippen molar-refractivity contribution in [3.05, 3.63) is 59.0 Å². The number of fused-ring (bicyclic) bond motifs is 1. The first kappa shape index (κ1) is 12.9. The Morgan fingerprint density at radius 1 is 1.10 bits per heavy atom. The van der Waals surface area contributed by atoms with E-state index in [1.54, 1.807) is 18.5 Å². The van der Waals surface area contributed by atoms with E-state index in [1.165, 1.54) is 0 Å². The Balaban J connectivity index is 1.88. The van der Waals surface area contributed by atoms with Crippen molar-refractivity contribution in [3.63, 3.8) is 0 Å². The molecule has 5 heteroatoms. The predicted molar refractivity (Wildman–Crippen MR) is 82.4 cm³/mol. The second-order valence-corrected chi connectivity index (χ2v) is 5.22. The first-order chi connectivity index (χ1) is 9.74. The second-order valence-electron chi connectivity index (χ2n) is 4.31. The van der Waals surface area contributed by atoms with E-state index in [-0.39, 0.29) is 0 Å². The van der Waals surface area contributed by atoms with Crippen molar-refractivity contribution in [3.8, 4) is 5.75 Å². The molecule has 2 N–H and O–H groups in total. The van der Waals surface area contributed by atoms with Crippen LogP contribution in [0.25, 0.3) is 10.9 Å². The molecule has 0 unspecified atom stereocenters. The van der Waals surface area contributed by atoms with Crippen molar-refractivity contribution in [2.24, 2.45) is 0 Å². The van der Waals surface area contributed by atoms with Gasteiger partial charge in [-0.1, -0.05) is 0 Å². The molecule has 0 spiro atoms. The van der Waals surface area contributed by atoms with E-state index in [9.17, 15) is 0 Å². The fourth-order valence-electron chi connectivity index (χ4n) is 1.94. The van der Waals surface area contributed by atoms with Gasteiger partial charge >= 0.3 is 0 Å². The van der Waals surface area contributed by atoms with Gasteiger partial charge in [0.2, 0.25) is 0 Å². The minimum Gasteiger partial charge on any atom is -0.487 e. The van der Waals surface area contributed by atoms with Gasteiger partial charge in [-0.2, -0.15) is 0 Å². The first-order valence-corrected chi connectivity index (χ1v) is 6.90. The van der Waals surface area contributed by atoms with Crippen LogP contribution in [0.5, 0.6) is 5.75 Å². The van der Waals surface area contributed by atoms with Crippen LogP contribution in [0.3, 0.4) is 0 Å². The summed E-state index contributed by atoms with van der Waals surface area (Å²) in [7, 11) is 0. The molecule has 0 aliphatic heterocycles. The first-order valence-electron chi connectivity index (χ1n) is 6.10. The summed E-state index contributed by atoms with van der Waals surface area (Å²) in [4.78, 5) is 8.56. The Labute approximate surface area is 124 Å². The van der Waals surface area contributed by atoms with E-state index in [0.717, 1.165) is 26.8 Å². The minimum atomic E-state index is 0.404. The number of aromatic nitrogens is 2. The molecule has 2 aromatic heterocycles. The number of nitrogen functional groups attached to an aromatic ring is 1. The third-order valence-electron chi connectivity index (χ3n) is 2.93. The monoisotopic (exact) mass is 329 g/mol. The van der Waals surface area contributed by atoms with E-state index in [4.69, 9.17) is 10.5 Å². The van der Waals surface area contributed by atoms with Crippen LogP contribution in [0.1, 0.15) is 5.69 Å². The van der Waals surface area contributed by atoms with Crippen molar-refractivity contribution < 1.29 is 4.74 Å². The number of anilines is 1. The van der Waals surface area contributed by atoms with Gasteiger partial charge in [-0.25, -0.2) is 0 Å². The van der Waals surface area contributed by atoms with Crippen LogP contribution >= 0.6 is 15.9 Å². The molecule has 100 valence electrons. The number of hydrogen-bond acceptors (Lipinski definition) is 4. The van der Waals surface area contributed by atoms with E-state index in [2.05, 4.69) is 25.9 Å². The zero-order chi connectivity index (χ0) is 13.9. The van der Waals surface area contributed by atoms with Crippen molar-refractivity contribution in [1.29, 1.82) is 0 Å². The fraction of sp³-hybridized carbons (Fsp3) is 0.0667. The van der Waals surface area contributed by atoms with Gasteiger partial charge in [-0.05, 0) is 52.3 Å². The van der Waals surface area contributed by atoms with Gasteiger partial charge in [0, 0.05) is 22.3 Å². The predicted octanol–water partition coefficient (Wildman–Crippen LogP) is 3.55. The topological polar surface area (TPSA) is 61.0 Å². The zero-order valence-electron chi connectivity index (χ0n) is 10.6. The molecule has 0 fully saturated rings. The van der Waals surface area contributed by atoms with Crippen molar-refractivity contribution in [2.45, 2.75) is 6.61 Å². The molecule has 4 nitrogen and oxygen atoms in total. The van der Waals surface area contributed by atoms with Crippen molar-refractivity contribution >= 4 is 32.5 Å². The average Bonchev–Trinajstić information content (AvgIpc) is 2.49. The molecule has 0 aliphatic rings. The number of ether oxygens (including phenoxy) is 1. The number of benzene rings is 1. The van der Waals surface area contributed by atoms with E-state index >= 15 is 0 Å². The zero-order valence-corrected chi connectivity index (χ0v) is 12.2. The lowest BCUT2D eigenvalue weighted by atomic mass is 10.2. The molecule has 0 bridgehead atoms. The minimum absolute atomic E-state index is 0.404. The number of nitrogens with two attached hydrogens (primary N) is 1. The number of nitrogens with zero attached hydrogens (tertiary/aromatic N) is 2. The van der Waals surface area contributed by atoms with Crippen molar-refractivity contribution in [1.82, 2.24) is 9.97 Å². The Hall–Kier alpha value is -2.14. The lowest BCUT2D eigenvalue weighted by molar-refractivity contribution is 0.305. The summed E-state index contributed by atoms with van der Waals surface area (Å²) in [6, 6.07) is 11.3. The van der Waals surface area contributed by atoms with E-state index in [0.29, 0.717) is 12.3 Å². The van der Waals surface area contributed by atoms with Crippen LogP contribution < -0.4 is 10.5 Å². The van der Waals surface area contributed by atoms with Gasteiger partial charge < -0.3 is 10.5 Å². The van der Waals surface area contributed by atoms with Crippen LogP contribution in [0.15, 0.2) is 53.3 Å². The maximum atomic E-state index is 5.91. The quantitative estimate of drug-likeness (QED) is 0.746. The molecule has 0 radical (unpaired) electrons. The maximum Gasteiger partial charge on any atom is 0.130 e. The molecule has 0 saturated heterocycles. The largest absolute Gasteiger partial charge is 0.487 e. The molecule has 0 atom stereocenters. The summed E-state index contributed by atoms with van der Waals surface area (Å²) in [5.74, 6) is 0.756. The highest BCUT2D eigenvalue weighted by Crippen LogP contribution is 2.28. The average molecular weight is 330 g/mol. The Morgan fingerprint density at radius 2 is 2.00 bits per heavy atom. The standard InChI is InChI=1S/C15H12BrN3O/c16-10-3-4-11(19-8-10)9-20-14-6-5-13(17)15-12(14)2-1-7-18-15/h1-8H,9,17H2. The molecular weight excluding hydrogens is 318 g/mol. The highest BCUT2D eigenvalue weighted by Gasteiger charge is 2.06. The number of hydrogen-bond donors (Lipinski definition) is 1. The second kappa shape index (κ2) is 5.46. The third-order valence-corrected chi connectivity index (χ3v) is 3.39. The van der Waals surface area contributed by atoms with Gasteiger partial charge in [0.25, 0.3) is 0 Å². The lowest BCUT2D eigenvalue weighted by Crippen LogP contribution is -1.99. The highest BCUT2D eigenvalue weighted by molar-refractivity contribution is 9.10. The highest BCUT2D eigenvalue weighted by atomic mass is 79.9. The molecule has 1 aromatic carbocycles. The normalized spacial score (nSPS) is 10.7. The van der Waals surface area contributed by atoms with E-state index < -0.39 is 0 Å². The molecule has 3 aromatic rings. The Morgan fingerprint density at radius 3 is 2.80 bits per heavy atom. The molecule has 2 heterocycles. The summed E-state index contributed by atoms with van der Waals surface area (Å²) in [5, 5.41) is 0.907. The van der Waals surface area contributed by atoms with Crippen LogP contribution in [0.2, 0.25) is 0 Å². The summed E-state index contributed by atoms with van der Waals surface area (Å²) < 4.78 is 6.77.